The van der Waals surface area contributed by atoms with E-state index in [0.29, 0.717) is 24.9 Å². The molecule has 0 spiro atoms. The van der Waals surface area contributed by atoms with Crippen LogP contribution in [-0.4, -0.2) is 43.0 Å². The molecule has 1 rings (SSSR count). The molecule has 26 heavy (non-hydrogen) atoms. The molecule has 144 valence electrons. The lowest BCUT2D eigenvalue weighted by molar-refractivity contribution is -0.136. The summed E-state index contributed by atoms with van der Waals surface area (Å²) in [7, 11) is 1.61. The number of ether oxygens (including phenoxy) is 1. The first-order valence-corrected chi connectivity index (χ1v) is 9.14. The summed E-state index contributed by atoms with van der Waals surface area (Å²) in [4.78, 5) is 26.6. The van der Waals surface area contributed by atoms with Gasteiger partial charge in [-0.1, -0.05) is 39.8 Å². The fourth-order valence-corrected chi connectivity index (χ4v) is 2.62. The van der Waals surface area contributed by atoms with Gasteiger partial charge in [0.2, 0.25) is 11.8 Å². The molecule has 0 saturated carbocycles. The van der Waals surface area contributed by atoms with Crippen molar-refractivity contribution < 1.29 is 14.3 Å². The smallest absolute Gasteiger partial charge is 0.244 e. The molecule has 0 bridgehead atoms. The number of carbonyl (C=O) groups excluding carboxylic acids is 2. The number of hydrogen-bond donors (Lipinski definition) is 1. The Kier molecular flexibility index (Phi) is 8.90. The lowest BCUT2D eigenvalue weighted by Gasteiger charge is -2.29. The zero-order chi connectivity index (χ0) is 19.7. The van der Waals surface area contributed by atoms with Gasteiger partial charge in [-0.2, -0.15) is 0 Å². The molecule has 2 amide bonds. The van der Waals surface area contributed by atoms with Crippen LogP contribution in [0.5, 0.6) is 5.75 Å². The van der Waals surface area contributed by atoms with Crippen molar-refractivity contribution in [1.82, 2.24) is 10.2 Å². The maximum atomic E-state index is 12.7. The summed E-state index contributed by atoms with van der Waals surface area (Å²) >= 11 is 0. The molecule has 0 aliphatic rings. The van der Waals surface area contributed by atoms with E-state index in [9.17, 15) is 9.59 Å². The summed E-state index contributed by atoms with van der Waals surface area (Å²) in [5, 5.41) is 2.76. The van der Waals surface area contributed by atoms with Gasteiger partial charge in [0.25, 0.3) is 0 Å². The highest BCUT2D eigenvalue weighted by Crippen LogP contribution is 2.12. The maximum Gasteiger partial charge on any atom is 0.244 e. The second-order valence-corrected chi connectivity index (χ2v) is 7.37. The number of benzene rings is 1. The number of methoxy groups -OCH3 is 1. The summed E-state index contributed by atoms with van der Waals surface area (Å²) in [5.41, 5.74) is 0.890. The average Bonchev–Trinajstić information content (AvgIpc) is 2.58. The highest BCUT2D eigenvalue weighted by Gasteiger charge is 2.22. The van der Waals surface area contributed by atoms with Gasteiger partial charge in [0.15, 0.2) is 0 Å². The van der Waals surface area contributed by atoms with E-state index >= 15 is 0 Å². The van der Waals surface area contributed by atoms with Gasteiger partial charge < -0.3 is 15.0 Å². The molecule has 5 nitrogen and oxygen atoms in total. The van der Waals surface area contributed by atoms with Gasteiger partial charge in [-0.15, -0.1) is 0 Å². The summed E-state index contributed by atoms with van der Waals surface area (Å²) < 4.78 is 5.11. The number of nitrogens with zero attached hydrogens (tertiary/aromatic N) is 1. The summed E-state index contributed by atoms with van der Waals surface area (Å²) in [6, 6.07) is 6.84. The predicted octanol–water partition coefficient (Wildman–Crippen LogP) is 3.35. The molecular weight excluding hydrogens is 328 g/mol. The standard InChI is InChI=1S/C21H32N2O3/c1-15(2)13-23(14-16(3)4)21(25)17(5)22-20(24)12-9-18-7-10-19(26-6)11-8-18/h7-12,15-17H,13-14H2,1-6H3,(H,22,24)/b12-9+. The Bertz CT molecular complexity index is 596. The second kappa shape index (κ2) is 10.6. The lowest BCUT2D eigenvalue weighted by atomic mass is 10.1. The largest absolute Gasteiger partial charge is 0.497 e. The van der Waals surface area contributed by atoms with Crippen LogP contribution < -0.4 is 10.1 Å². The first-order valence-electron chi connectivity index (χ1n) is 9.14. The molecule has 0 aliphatic heterocycles. The van der Waals surface area contributed by atoms with E-state index in [1.54, 1.807) is 20.1 Å². The Morgan fingerprint density at radius 3 is 2.04 bits per heavy atom. The molecule has 1 aromatic rings. The molecule has 1 N–H and O–H groups in total. The van der Waals surface area contributed by atoms with Crippen molar-refractivity contribution in [1.29, 1.82) is 0 Å². The Morgan fingerprint density at radius 1 is 1.04 bits per heavy atom. The van der Waals surface area contributed by atoms with E-state index < -0.39 is 6.04 Å². The Hall–Kier alpha value is -2.30. The van der Waals surface area contributed by atoms with Gasteiger partial charge in [0.1, 0.15) is 11.8 Å². The van der Waals surface area contributed by atoms with Crippen molar-refractivity contribution in [3.63, 3.8) is 0 Å². The van der Waals surface area contributed by atoms with Crippen molar-refractivity contribution in [2.24, 2.45) is 11.8 Å². The fraction of sp³-hybridized carbons (Fsp3) is 0.524. The zero-order valence-corrected chi connectivity index (χ0v) is 16.8. The summed E-state index contributed by atoms with van der Waals surface area (Å²) in [5.74, 6) is 1.21. The molecule has 5 heteroatoms. The summed E-state index contributed by atoms with van der Waals surface area (Å²) in [6.45, 7) is 11.5. The van der Waals surface area contributed by atoms with Crippen molar-refractivity contribution in [2.75, 3.05) is 20.2 Å². The van der Waals surface area contributed by atoms with Gasteiger partial charge in [-0.3, -0.25) is 9.59 Å². The van der Waals surface area contributed by atoms with E-state index in [0.717, 1.165) is 11.3 Å². The quantitative estimate of drug-likeness (QED) is 0.687. The molecule has 0 radical (unpaired) electrons. The van der Waals surface area contributed by atoms with Crippen LogP contribution in [-0.2, 0) is 9.59 Å². The SMILES string of the molecule is COc1ccc(/C=C/C(=O)NC(C)C(=O)N(CC(C)C)CC(C)C)cc1. The first-order chi connectivity index (χ1) is 12.2. The summed E-state index contributed by atoms with van der Waals surface area (Å²) in [6.07, 6.45) is 3.16. The van der Waals surface area contributed by atoms with Crippen molar-refractivity contribution in [2.45, 2.75) is 40.7 Å². The molecule has 0 heterocycles. The lowest BCUT2D eigenvalue weighted by Crippen LogP contribution is -2.48. The van der Waals surface area contributed by atoms with Crippen LogP contribution in [0.25, 0.3) is 6.08 Å². The van der Waals surface area contributed by atoms with Gasteiger partial charge in [0, 0.05) is 19.2 Å². The van der Waals surface area contributed by atoms with E-state index in [-0.39, 0.29) is 11.8 Å². The minimum atomic E-state index is -0.555. The van der Waals surface area contributed by atoms with Gasteiger partial charge in [0.05, 0.1) is 7.11 Å². The van der Waals surface area contributed by atoms with Crippen LogP contribution in [0, 0.1) is 11.8 Å². The predicted molar refractivity (Wildman–Crippen MR) is 106 cm³/mol. The number of amides is 2. The van der Waals surface area contributed by atoms with Crippen LogP contribution in [0.15, 0.2) is 30.3 Å². The zero-order valence-electron chi connectivity index (χ0n) is 16.8. The third kappa shape index (κ3) is 7.72. The van der Waals surface area contributed by atoms with E-state index in [2.05, 4.69) is 33.0 Å². The normalized spacial score (nSPS) is 12.5. The Morgan fingerprint density at radius 2 is 1.58 bits per heavy atom. The molecule has 0 aliphatic carbocycles. The molecule has 1 aromatic carbocycles. The topological polar surface area (TPSA) is 58.6 Å². The molecule has 1 atom stereocenters. The average molecular weight is 360 g/mol. The third-order valence-corrected chi connectivity index (χ3v) is 3.75. The van der Waals surface area contributed by atoms with Crippen LogP contribution in [0.1, 0.15) is 40.2 Å². The first kappa shape index (κ1) is 21.7. The molecule has 0 fully saturated rings. The van der Waals surface area contributed by atoms with Crippen LogP contribution in [0.3, 0.4) is 0 Å². The van der Waals surface area contributed by atoms with Gasteiger partial charge >= 0.3 is 0 Å². The van der Waals surface area contributed by atoms with Crippen LogP contribution >= 0.6 is 0 Å². The number of carbonyl (C=O) groups is 2. The minimum absolute atomic E-state index is 0.0430. The number of nitrogens with one attached hydrogen (secondary N) is 1. The van der Waals surface area contributed by atoms with Gasteiger partial charge in [-0.25, -0.2) is 0 Å². The molecule has 1 unspecified atom stereocenters. The Labute approximate surface area is 157 Å². The van der Waals surface area contributed by atoms with E-state index in [4.69, 9.17) is 4.74 Å². The molecule has 0 aromatic heterocycles. The maximum absolute atomic E-state index is 12.7. The minimum Gasteiger partial charge on any atom is -0.497 e. The highest BCUT2D eigenvalue weighted by atomic mass is 16.5. The number of rotatable bonds is 9. The van der Waals surface area contributed by atoms with E-state index in [1.165, 1.54) is 6.08 Å². The molecular formula is C21H32N2O3. The van der Waals surface area contributed by atoms with Crippen molar-refractivity contribution in [3.8, 4) is 5.75 Å². The van der Waals surface area contributed by atoms with Crippen LogP contribution in [0.4, 0.5) is 0 Å². The second-order valence-electron chi connectivity index (χ2n) is 7.37. The molecule has 0 saturated heterocycles. The van der Waals surface area contributed by atoms with E-state index in [1.807, 2.05) is 29.2 Å². The van der Waals surface area contributed by atoms with Crippen LogP contribution in [0.2, 0.25) is 0 Å². The third-order valence-electron chi connectivity index (χ3n) is 3.75. The Balaban J connectivity index is 2.64. The van der Waals surface area contributed by atoms with Gasteiger partial charge in [-0.05, 0) is 42.5 Å². The van der Waals surface area contributed by atoms with Crippen molar-refractivity contribution in [3.05, 3.63) is 35.9 Å². The highest BCUT2D eigenvalue weighted by molar-refractivity contribution is 5.95. The monoisotopic (exact) mass is 360 g/mol. The fourth-order valence-electron chi connectivity index (χ4n) is 2.62. The van der Waals surface area contributed by atoms with Crippen molar-refractivity contribution >= 4 is 17.9 Å². The number of hydrogen-bond acceptors (Lipinski definition) is 3.